The highest BCUT2D eigenvalue weighted by Gasteiger charge is 2.58. The molecule has 7 heteroatoms. The van der Waals surface area contributed by atoms with Crippen LogP contribution in [0, 0.1) is 37.5 Å². The van der Waals surface area contributed by atoms with E-state index in [1.165, 1.54) is 4.90 Å². The van der Waals surface area contributed by atoms with Gasteiger partial charge in [-0.15, -0.1) is 0 Å². The first-order valence-electron chi connectivity index (χ1n) is 11.9. The molecule has 1 aliphatic carbocycles. The van der Waals surface area contributed by atoms with Crippen LogP contribution in [0.2, 0.25) is 0 Å². The Labute approximate surface area is 196 Å². The topological polar surface area (TPSA) is 95.9 Å². The molecule has 33 heavy (non-hydrogen) atoms. The van der Waals surface area contributed by atoms with Crippen molar-refractivity contribution >= 4 is 23.5 Å². The zero-order valence-electron chi connectivity index (χ0n) is 20.2. The van der Waals surface area contributed by atoms with Gasteiger partial charge in [-0.1, -0.05) is 43.7 Å². The maximum absolute atomic E-state index is 13.7. The molecule has 0 bridgehead atoms. The number of benzene rings is 1. The quantitative estimate of drug-likeness (QED) is 0.463. The Morgan fingerprint density at radius 2 is 1.85 bits per heavy atom. The number of aliphatic hydroxyl groups is 1. The molecule has 0 aromatic heterocycles. The molecule has 1 fully saturated rings. The SMILES string of the molecule is CCC[C@@H]1C=C[C@H]2[C@@H](C(=O)N([C@H](C)CO)[C@@H]2C(=O)Nc2c(C)cccc2C)[C@@H]1C(=O)OCC. The Balaban J connectivity index is 2.03. The Morgan fingerprint density at radius 3 is 2.42 bits per heavy atom. The molecule has 1 aromatic carbocycles. The van der Waals surface area contributed by atoms with Crippen molar-refractivity contribution in [1.82, 2.24) is 4.90 Å². The van der Waals surface area contributed by atoms with Crippen LogP contribution in [0.3, 0.4) is 0 Å². The second-order valence-corrected chi connectivity index (χ2v) is 9.20. The monoisotopic (exact) mass is 456 g/mol. The summed E-state index contributed by atoms with van der Waals surface area (Å²) in [7, 11) is 0. The van der Waals surface area contributed by atoms with Gasteiger partial charge in [-0.05, 0) is 51.2 Å². The van der Waals surface area contributed by atoms with E-state index < -0.39 is 35.8 Å². The largest absolute Gasteiger partial charge is 0.466 e. The fraction of sp³-hybridized carbons (Fsp3) is 0.577. The van der Waals surface area contributed by atoms with E-state index in [4.69, 9.17) is 4.74 Å². The minimum atomic E-state index is -0.820. The predicted molar refractivity (Wildman–Crippen MR) is 126 cm³/mol. The molecule has 1 saturated heterocycles. The molecule has 2 N–H and O–H groups in total. The Bertz CT molecular complexity index is 907. The summed E-state index contributed by atoms with van der Waals surface area (Å²) in [5, 5.41) is 12.9. The van der Waals surface area contributed by atoms with Gasteiger partial charge in [-0.2, -0.15) is 0 Å². The number of para-hydroxylation sites is 1. The van der Waals surface area contributed by atoms with Crippen LogP contribution in [0.5, 0.6) is 0 Å². The summed E-state index contributed by atoms with van der Waals surface area (Å²) in [5.41, 5.74) is 2.58. The third-order valence-electron chi connectivity index (χ3n) is 6.97. The molecule has 1 aliphatic heterocycles. The van der Waals surface area contributed by atoms with E-state index in [2.05, 4.69) is 5.32 Å². The number of rotatable bonds is 8. The van der Waals surface area contributed by atoms with Crippen molar-refractivity contribution in [2.24, 2.45) is 23.7 Å². The second-order valence-electron chi connectivity index (χ2n) is 9.20. The van der Waals surface area contributed by atoms with Crippen molar-refractivity contribution in [3.63, 3.8) is 0 Å². The number of anilines is 1. The average molecular weight is 457 g/mol. The van der Waals surface area contributed by atoms with Crippen LogP contribution in [0.25, 0.3) is 0 Å². The molecule has 0 radical (unpaired) electrons. The highest BCUT2D eigenvalue weighted by Crippen LogP contribution is 2.46. The summed E-state index contributed by atoms with van der Waals surface area (Å²) in [6.07, 6.45) is 5.53. The van der Waals surface area contributed by atoms with Gasteiger partial charge < -0.3 is 20.1 Å². The number of hydrogen-bond donors (Lipinski definition) is 2. The van der Waals surface area contributed by atoms with Gasteiger partial charge in [0.1, 0.15) is 6.04 Å². The number of esters is 1. The summed E-state index contributed by atoms with van der Waals surface area (Å²) >= 11 is 0. The molecule has 3 rings (SSSR count). The number of nitrogens with zero attached hydrogens (tertiary/aromatic N) is 1. The van der Waals surface area contributed by atoms with Crippen LogP contribution in [-0.2, 0) is 19.1 Å². The highest BCUT2D eigenvalue weighted by atomic mass is 16.5. The van der Waals surface area contributed by atoms with Crippen molar-refractivity contribution in [3.05, 3.63) is 41.5 Å². The smallest absolute Gasteiger partial charge is 0.310 e. The van der Waals surface area contributed by atoms with Gasteiger partial charge in [0.05, 0.1) is 31.1 Å². The molecule has 1 heterocycles. The van der Waals surface area contributed by atoms with E-state index in [1.54, 1.807) is 13.8 Å². The number of hydrogen-bond acceptors (Lipinski definition) is 5. The minimum Gasteiger partial charge on any atom is -0.466 e. The number of carbonyl (C=O) groups excluding carboxylic acids is 3. The lowest BCUT2D eigenvalue weighted by atomic mass is 9.69. The summed E-state index contributed by atoms with van der Waals surface area (Å²) in [5.74, 6) is -2.89. The number of nitrogens with one attached hydrogen (secondary N) is 1. The van der Waals surface area contributed by atoms with E-state index in [0.29, 0.717) is 0 Å². The summed E-state index contributed by atoms with van der Waals surface area (Å²) in [4.78, 5) is 41.8. The number of carbonyl (C=O) groups is 3. The lowest BCUT2D eigenvalue weighted by Crippen LogP contribution is -2.49. The van der Waals surface area contributed by atoms with Crippen LogP contribution in [-0.4, -0.2) is 53.1 Å². The Hall–Kier alpha value is -2.67. The van der Waals surface area contributed by atoms with Crippen LogP contribution in [0.15, 0.2) is 30.4 Å². The van der Waals surface area contributed by atoms with Gasteiger partial charge in [0, 0.05) is 11.6 Å². The van der Waals surface area contributed by atoms with Crippen LogP contribution >= 0.6 is 0 Å². The first-order valence-corrected chi connectivity index (χ1v) is 11.9. The van der Waals surface area contributed by atoms with Crippen molar-refractivity contribution < 1.29 is 24.2 Å². The summed E-state index contributed by atoms with van der Waals surface area (Å²) in [6, 6.07) is 4.40. The van der Waals surface area contributed by atoms with Gasteiger partial charge in [-0.3, -0.25) is 14.4 Å². The first-order chi connectivity index (χ1) is 15.8. The lowest BCUT2D eigenvalue weighted by molar-refractivity contribution is -0.156. The van der Waals surface area contributed by atoms with E-state index >= 15 is 0 Å². The zero-order valence-corrected chi connectivity index (χ0v) is 20.2. The molecule has 180 valence electrons. The van der Waals surface area contributed by atoms with Crippen LogP contribution in [0.4, 0.5) is 5.69 Å². The molecule has 0 spiro atoms. The molecule has 0 unspecified atom stereocenters. The second kappa shape index (κ2) is 10.5. The van der Waals surface area contributed by atoms with E-state index in [-0.39, 0.29) is 30.9 Å². The normalized spacial score (nSPS) is 27.3. The van der Waals surface area contributed by atoms with Gasteiger partial charge in [-0.25, -0.2) is 0 Å². The fourth-order valence-corrected chi connectivity index (χ4v) is 5.39. The minimum absolute atomic E-state index is 0.119. The maximum Gasteiger partial charge on any atom is 0.310 e. The molecule has 6 atom stereocenters. The number of likely N-dealkylation sites (tertiary alicyclic amines) is 1. The van der Waals surface area contributed by atoms with Gasteiger partial charge in [0.25, 0.3) is 0 Å². The van der Waals surface area contributed by atoms with Gasteiger partial charge >= 0.3 is 5.97 Å². The van der Waals surface area contributed by atoms with Gasteiger partial charge in [0.15, 0.2) is 0 Å². The van der Waals surface area contributed by atoms with Crippen molar-refractivity contribution in [3.8, 4) is 0 Å². The Kier molecular flexibility index (Phi) is 7.95. The third-order valence-corrected chi connectivity index (χ3v) is 6.97. The average Bonchev–Trinajstić information content (AvgIpc) is 3.08. The lowest BCUT2D eigenvalue weighted by Gasteiger charge is -2.34. The van der Waals surface area contributed by atoms with Gasteiger partial charge in [0.2, 0.25) is 11.8 Å². The highest BCUT2D eigenvalue weighted by molar-refractivity contribution is 6.02. The van der Waals surface area contributed by atoms with Crippen LogP contribution < -0.4 is 5.32 Å². The number of aliphatic hydroxyl groups excluding tert-OH is 1. The molecule has 7 nitrogen and oxygen atoms in total. The fourth-order valence-electron chi connectivity index (χ4n) is 5.39. The van der Waals surface area contributed by atoms with E-state index in [9.17, 15) is 19.5 Å². The predicted octanol–water partition coefficient (Wildman–Crippen LogP) is 3.23. The molecule has 1 aromatic rings. The summed E-state index contributed by atoms with van der Waals surface area (Å²) in [6.45, 7) is 9.32. The maximum atomic E-state index is 13.7. The van der Waals surface area contributed by atoms with E-state index in [1.807, 2.05) is 51.1 Å². The zero-order chi connectivity index (χ0) is 24.3. The molecular formula is C26H36N2O5. The summed E-state index contributed by atoms with van der Waals surface area (Å²) < 4.78 is 5.37. The number of aryl methyl sites for hydroxylation is 2. The number of allylic oxidation sites excluding steroid dienone is 1. The van der Waals surface area contributed by atoms with Crippen LogP contribution in [0.1, 0.15) is 44.7 Å². The molecular weight excluding hydrogens is 420 g/mol. The van der Waals surface area contributed by atoms with E-state index in [0.717, 1.165) is 29.7 Å². The van der Waals surface area contributed by atoms with Crippen molar-refractivity contribution in [2.45, 2.75) is 59.5 Å². The third kappa shape index (κ3) is 4.69. The number of fused-ring (bicyclic) bond motifs is 1. The standard InChI is InChI=1S/C26H36N2O5/c1-6-9-18-12-13-19-21(20(18)26(32)33-7-2)25(31)28(17(5)14-29)23(19)24(30)27-22-15(3)10-8-11-16(22)4/h8,10-13,17-21,23,29H,6-7,9,14H2,1-5H3,(H,27,30)/t17-,18-,19+,20-,21-,23+/m1/s1. The molecule has 0 saturated carbocycles. The Morgan fingerprint density at radius 1 is 1.18 bits per heavy atom. The number of ether oxygens (including phenoxy) is 1. The van der Waals surface area contributed by atoms with Crippen molar-refractivity contribution in [2.75, 3.05) is 18.5 Å². The number of amides is 2. The van der Waals surface area contributed by atoms with Crippen molar-refractivity contribution in [1.29, 1.82) is 0 Å². The molecule has 2 amide bonds. The first kappa shape index (κ1) is 25.0. The molecule has 2 aliphatic rings.